The Balaban J connectivity index is 1.86. The van der Waals surface area contributed by atoms with Crippen molar-refractivity contribution in [1.29, 1.82) is 0 Å². The molecule has 0 bridgehead atoms. The molecule has 106 valence electrons. The van der Waals surface area contributed by atoms with Crippen LogP contribution in [0.1, 0.15) is 19.8 Å². The maximum absolute atomic E-state index is 9.53. The molecule has 2 aliphatic heterocycles. The van der Waals surface area contributed by atoms with E-state index in [0.717, 1.165) is 45.8 Å². The Morgan fingerprint density at radius 3 is 2.67 bits per heavy atom. The molecule has 3 atom stereocenters. The first kappa shape index (κ1) is 14.2. The number of nitrogens with zero attached hydrogens (tertiary/aromatic N) is 2. The van der Waals surface area contributed by atoms with Crippen LogP contribution in [0.15, 0.2) is 0 Å². The van der Waals surface area contributed by atoms with Crippen molar-refractivity contribution in [2.75, 3.05) is 46.0 Å². The standard InChI is InChI=1S/C13H27N3O2/c1-2-12(14)13(10-17)16-4-3-11(9-16)15-5-7-18-8-6-15/h11-13,17H,2-10,14H2,1H3. The Kier molecular flexibility index (Phi) is 5.38. The van der Waals surface area contributed by atoms with E-state index in [1.807, 2.05) is 0 Å². The number of morpholine rings is 1. The van der Waals surface area contributed by atoms with E-state index in [4.69, 9.17) is 10.5 Å². The van der Waals surface area contributed by atoms with Crippen LogP contribution >= 0.6 is 0 Å². The molecule has 2 heterocycles. The molecule has 2 fully saturated rings. The lowest BCUT2D eigenvalue weighted by Gasteiger charge is -2.34. The zero-order valence-electron chi connectivity index (χ0n) is 11.4. The van der Waals surface area contributed by atoms with Gasteiger partial charge in [0.25, 0.3) is 0 Å². The van der Waals surface area contributed by atoms with E-state index in [-0.39, 0.29) is 18.7 Å². The summed E-state index contributed by atoms with van der Waals surface area (Å²) in [6.45, 7) is 8.15. The number of ether oxygens (including phenoxy) is 1. The van der Waals surface area contributed by atoms with Crippen molar-refractivity contribution >= 4 is 0 Å². The molecule has 0 aromatic heterocycles. The second-order valence-corrected chi connectivity index (χ2v) is 5.41. The van der Waals surface area contributed by atoms with Gasteiger partial charge in [-0.3, -0.25) is 9.80 Å². The normalized spacial score (nSPS) is 30.5. The van der Waals surface area contributed by atoms with Crippen molar-refractivity contribution in [3.63, 3.8) is 0 Å². The first-order valence-corrected chi connectivity index (χ1v) is 7.18. The molecule has 0 amide bonds. The fourth-order valence-electron chi connectivity index (χ4n) is 3.10. The number of hydrogen-bond donors (Lipinski definition) is 2. The molecule has 0 aromatic carbocycles. The van der Waals surface area contributed by atoms with Crippen molar-refractivity contribution in [3.05, 3.63) is 0 Å². The van der Waals surface area contributed by atoms with E-state index >= 15 is 0 Å². The van der Waals surface area contributed by atoms with Crippen LogP contribution in [0.3, 0.4) is 0 Å². The van der Waals surface area contributed by atoms with Crippen LogP contribution in [0.2, 0.25) is 0 Å². The molecule has 0 spiro atoms. The third kappa shape index (κ3) is 3.22. The summed E-state index contributed by atoms with van der Waals surface area (Å²) in [6, 6.07) is 0.825. The predicted molar refractivity (Wildman–Crippen MR) is 71.5 cm³/mol. The minimum Gasteiger partial charge on any atom is -0.395 e. The van der Waals surface area contributed by atoms with Crippen LogP contribution in [0.25, 0.3) is 0 Å². The van der Waals surface area contributed by atoms with Gasteiger partial charge in [-0.1, -0.05) is 6.92 Å². The second-order valence-electron chi connectivity index (χ2n) is 5.41. The average molecular weight is 257 g/mol. The number of hydrogen-bond acceptors (Lipinski definition) is 5. The zero-order chi connectivity index (χ0) is 13.0. The molecule has 0 aliphatic carbocycles. The molecular weight excluding hydrogens is 230 g/mol. The maximum atomic E-state index is 9.53. The summed E-state index contributed by atoms with van der Waals surface area (Å²) in [6.07, 6.45) is 2.11. The number of aliphatic hydroxyl groups is 1. The zero-order valence-corrected chi connectivity index (χ0v) is 11.4. The van der Waals surface area contributed by atoms with Crippen LogP contribution < -0.4 is 5.73 Å². The van der Waals surface area contributed by atoms with Gasteiger partial charge < -0.3 is 15.6 Å². The summed E-state index contributed by atoms with van der Waals surface area (Å²) in [5.74, 6) is 0. The molecule has 2 aliphatic rings. The molecule has 0 aromatic rings. The van der Waals surface area contributed by atoms with Gasteiger partial charge in [-0.2, -0.15) is 0 Å². The van der Waals surface area contributed by atoms with Gasteiger partial charge in [0.15, 0.2) is 0 Å². The van der Waals surface area contributed by atoms with Crippen LogP contribution in [0.4, 0.5) is 0 Å². The molecule has 2 rings (SSSR count). The lowest BCUT2D eigenvalue weighted by atomic mass is 10.1. The van der Waals surface area contributed by atoms with Crippen molar-refractivity contribution in [2.45, 2.75) is 37.9 Å². The summed E-state index contributed by atoms with van der Waals surface area (Å²) in [7, 11) is 0. The van der Waals surface area contributed by atoms with Gasteiger partial charge in [0.1, 0.15) is 0 Å². The molecule has 5 heteroatoms. The lowest BCUT2D eigenvalue weighted by molar-refractivity contribution is 0.0161. The van der Waals surface area contributed by atoms with Crippen LogP contribution in [-0.2, 0) is 4.74 Å². The SMILES string of the molecule is CCC(N)C(CO)N1CCC(N2CCOCC2)C1. The van der Waals surface area contributed by atoms with Gasteiger partial charge in [0, 0.05) is 44.3 Å². The first-order chi connectivity index (χ1) is 8.76. The molecule has 2 saturated heterocycles. The Morgan fingerprint density at radius 2 is 2.06 bits per heavy atom. The molecule has 3 N–H and O–H groups in total. The molecule has 3 unspecified atom stereocenters. The van der Waals surface area contributed by atoms with E-state index in [0.29, 0.717) is 6.04 Å². The third-order valence-corrected chi connectivity index (χ3v) is 4.38. The highest BCUT2D eigenvalue weighted by Crippen LogP contribution is 2.20. The minimum absolute atomic E-state index is 0.0819. The van der Waals surface area contributed by atoms with Crippen LogP contribution in [0.5, 0.6) is 0 Å². The lowest BCUT2D eigenvalue weighted by Crippen LogP contribution is -2.51. The highest BCUT2D eigenvalue weighted by molar-refractivity contribution is 4.90. The Morgan fingerprint density at radius 1 is 1.33 bits per heavy atom. The number of aliphatic hydroxyl groups excluding tert-OH is 1. The highest BCUT2D eigenvalue weighted by Gasteiger charge is 2.33. The van der Waals surface area contributed by atoms with Gasteiger partial charge in [-0.05, 0) is 12.8 Å². The molecular formula is C13H27N3O2. The van der Waals surface area contributed by atoms with E-state index < -0.39 is 0 Å². The van der Waals surface area contributed by atoms with E-state index in [1.54, 1.807) is 0 Å². The quantitative estimate of drug-likeness (QED) is 0.695. The Bertz CT molecular complexity index is 246. The van der Waals surface area contributed by atoms with Gasteiger partial charge in [-0.15, -0.1) is 0 Å². The summed E-state index contributed by atoms with van der Waals surface area (Å²) < 4.78 is 5.40. The summed E-state index contributed by atoms with van der Waals surface area (Å²) in [5.41, 5.74) is 6.10. The third-order valence-electron chi connectivity index (χ3n) is 4.38. The Labute approximate surface area is 110 Å². The molecule has 0 saturated carbocycles. The van der Waals surface area contributed by atoms with Crippen molar-refractivity contribution in [3.8, 4) is 0 Å². The van der Waals surface area contributed by atoms with Gasteiger partial charge in [-0.25, -0.2) is 0 Å². The fraction of sp³-hybridized carbons (Fsp3) is 1.00. The van der Waals surface area contributed by atoms with Gasteiger partial charge in [0.2, 0.25) is 0 Å². The monoisotopic (exact) mass is 257 g/mol. The maximum Gasteiger partial charge on any atom is 0.0601 e. The highest BCUT2D eigenvalue weighted by atomic mass is 16.5. The largest absolute Gasteiger partial charge is 0.395 e. The average Bonchev–Trinajstić information content (AvgIpc) is 2.90. The van der Waals surface area contributed by atoms with E-state index in [2.05, 4.69) is 16.7 Å². The first-order valence-electron chi connectivity index (χ1n) is 7.18. The molecule has 5 nitrogen and oxygen atoms in total. The summed E-state index contributed by atoms with van der Waals surface area (Å²) >= 11 is 0. The number of nitrogens with two attached hydrogens (primary N) is 1. The number of likely N-dealkylation sites (tertiary alicyclic amines) is 1. The summed E-state index contributed by atoms with van der Waals surface area (Å²) in [4.78, 5) is 4.89. The van der Waals surface area contributed by atoms with Crippen molar-refractivity contribution in [2.24, 2.45) is 5.73 Å². The smallest absolute Gasteiger partial charge is 0.0601 e. The van der Waals surface area contributed by atoms with Gasteiger partial charge >= 0.3 is 0 Å². The Hall–Kier alpha value is -0.200. The van der Waals surface area contributed by atoms with Crippen LogP contribution in [-0.4, -0.2) is 79.0 Å². The van der Waals surface area contributed by atoms with Gasteiger partial charge in [0.05, 0.1) is 19.8 Å². The molecule has 18 heavy (non-hydrogen) atoms. The molecule has 0 radical (unpaired) electrons. The van der Waals surface area contributed by atoms with Crippen molar-refractivity contribution < 1.29 is 9.84 Å². The summed E-state index contributed by atoms with van der Waals surface area (Å²) in [5, 5.41) is 9.53. The minimum atomic E-state index is 0.0819. The number of rotatable bonds is 5. The van der Waals surface area contributed by atoms with Crippen LogP contribution in [0, 0.1) is 0 Å². The topological polar surface area (TPSA) is 62.0 Å². The van der Waals surface area contributed by atoms with E-state index in [9.17, 15) is 5.11 Å². The second kappa shape index (κ2) is 6.82. The van der Waals surface area contributed by atoms with E-state index in [1.165, 1.54) is 6.42 Å². The van der Waals surface area contributed by atoms with Crippen molar-refractivity contribution in [1.82, 2.24) is 9.80 Å². The fourth-order valence-corrected chi connectivity index (χ4v) is 3.10. The predicted octanol–water partition coefficient (Wildman–Crippen LogP) is -0.509.